The van der Waals surface area contributed by atoms with Gasteiger partial charge in [0.1, 0.15) is 5.82 Å². The molecule has 5 heteroatoms. The van der Waals surface area contributed by atoms with E-state index >= 15 is 0 Å². The van der Waals surface area contributed by atoms with Crippen molar-refractivity contribution in [2.75, 3.05) is 11.7 Å². The Morgan fingerprint density at radius 3 is 2.06 bits per heavy atom. The summed E-state index contributed by atoms with van der Waals surface area (Å²) >= 11 is 0. The van der Waals surface area contributed by atoms with Crippen molar-refractivity contribution in [2.45, 2.75) is 91.6 Å². The third-order valence-corrected chi connectivity index (χ3v) is 13.3. The van der Waals surface area contributed by atoms with Gasteiger partial charge in [-0.3, -0.25) is 8.90 Å². The van der Waals surface area contributed by atoms with E-state index in [-0.39, 0.29) is 21.9 Å². The predicted octanol–water partition coefficient (Wildman–Crippen LogP) is 8.32. The Kier molecular flexibility index (Phi) is 4.72. The Labute approximate surface area is 205 Å². The molecule has 2 aliphatic rings. The van der Waals surface area contributed by atoms with E-state index in [4.69, 9.17) is 4.98 Å². The Morgan fingerprint density at radius 2 is 1.50 bits per heavy atom. The second-order valence-corrected chi connectivity index (χ2v) is 15.8. The van der Waals surface area contributed by atoms with Gasteiger partial charge in [0, 0.05) is 18.3 Å². The second-order valence-electron chi connectivity index (χ2n) is 12.6. The molecule has 2 aromatic carbocycles. The number of rotatable bonds is 2. The maximum Gasteiger partial charge on any atom is 0.270 e. The Morgan fingerprint density at radius 1 is 0.912 bits per heavy atom. The first kappa shape index (κ1) is 23.7. The van der Waals surface area contributed by atoms with Gasteiger partial charge in [-0.05, 0) is 57.1 Å². The molecular weight excluding hydrogens is 437 g/mol. The fourth-order valence-corrected chi connectivity index (χ4v) is 9.25. The number of benzene rings is 2. The highest BCUT2D eigenvalue weighted by Gasteiger charge is 2.57. The summed E-state index contributed by atoms with van der Waals surface area (Å²) in [5.41, 5.74) is 8.11. The van der Waals surface area contributed by atoms with Crippen LogP contribution in [0, 0.1) is 5.41 Å². The van der Waals surface area contributed by atoms with Crippen LogP contribution in [0.5, 0.6) is 0 Å². The molecule has 1 aliphatic carbocycles. The molecule has 3 aromatic rings. The fraction of sp³-hybridized carbons (Fsp3) is 0.552. The molecular formula is C29H40N3OP. The van der Waals surface area contributed by atoms with Crippen LogP contribution in [0.3, 0.4) is 0 Å². The first-order chi connectivity index (χ1) is 15.6. The molecule has 5 rings (SSSR count). The highest BCUT2D eigenvalue weighted by atomic mass is 31.2. The van der Waals surface area contributed by atoms with E-state index in [1.807, 2.05) is 7.05 Å². The highest BCUT2D eigenvalue weighted by Crippen LogP contribution is 2.66. The summed E-state index contributed by atoms with van der Waals surface area (Å²) < 4.78 is 19.1. The SMILES string of the molecule is CC(C)c1cccc2c1-c1nc3cc4c(cc3n1P(=O)(C(C)C)N2C)C(C)(C)C(C)(C)C4(C)C. The van der Waals surface area contributed by atoms with Crippen molar-refractivity contribution in [2.24, 2.45) is 5.41 Å². The molecule has 0 amide bonds. The van der Waals surface area contributed by atoms with Crippen LogP contribution in [0.25, 0.3) is 22.4 Å². The number of aromatic nitrogens is 2. The summed E-state index contributed by atoms with van der Waals surface area (Å²) in [6, 6.07) is 11.0. The molecule has 2 heterocycles. The van der Waals surface area contributed by atoms with Gasteiger partial charge < -0.3 is 4.67 Å². The van der Waals surface area contributed by atoms with Crippen LogP contribution in [0.1, 0.15) is 91.8 Å². The van der Waals surface area contributed by atoms with E-state index in [1.54, 1.807) is 0 Å². The molecule has 0 saturated heterocycles. The van der Waals surface area contributed by atoms with Gasteiger partial charge in [-0.2, -0.15) is 0 Å². The van der Waals surface area contributed by atoms with E-state index < -0.39 is 7.44 Å². The van der Waals surface area contributed by atoms with Crippen molar-refractivity contribution in [1.29, 1.82) is 0 Å². The van der Waals surface area contributed by atoms with Gasteiger partial charge in [-0.25, -0.2) is 4.98 Å². The fourth-order valence-electron chi connectivity index (χ4n) is 6.47. The number of fused-ring (bicyclic) bond motifs is 6. The van der Waals surface area contributed by atoms with E-state index in [2.05, 4.69) is 109 Å². The monoisotopic (exact) mass is 477 g/mol. The maximum atomic E-state index is 15.0. The zero-order valence-corrected chi connectivity index (χ0v) is 23.6. The molecule has 0 saturated carbocycles. The van der Waals surface area contributed by atoms with Crippen LogP contribution in [0.4, 0.5) is 5.69 Å². The van der Waals surface area contributed by atoms with Gasteiger partial charge in [0.25, 0.3) is 7.44 Å². The summed E-state index contributed by atoms with van der Waals surface area (Å²) in [5, 5.41) is 0. The van der Waals surface area contributed by atoms with Crippen molar-refractivity contribution in [3.8, 4) is 11.4 Å². The topological polar surface area (TPSA) is 38.1 Å². The van der Waals surface area contributed by atoms with Crippen molar-refractivity contribution >= 4 is 24.2 Å². The highest BCUT2D eigenvalue weighted by molar-refractivity contribution is 7.65. The van der Waals surface area contributed by atoms with Gasteiger partial charge in [0.15, 0.2) is 0 Å². The van der Waals surface area contributed by atoms with Crippen LogP contribution >= 0.6 is 7.44 Å². The maximum absolute atomic E-state index is 15.0. The van der Waals surface area contributed by atoms with Gasteiger partial charge in [-0.15, -0.1) is 0 Å². The van der Waals surface area contributed by atoms with Gasteiger partial charge >= 0.3 is 0 Å². The Hall–Kier alpha value is -2.06. The minimum atomic E-state index is -2.99. The largest absolute Gasteiger partial charge is 0.309 e. The second kappa shape index (κ2) is 6.78. The zero-order chi connectivity index (χ0) is 25.2. The summed E-state index contributed by atoms with van der Waals surface area (Å²) in [4.78, 5) is 5.25. The summed E-state index contributed by atoms with van der Waals surface area (Å²) in [6.45, 7) is 22.8. The summed E-state index contributed by atoms with van der Waals surface area (Å²) in [5.74, 6) is 1.21. The van der Waals surface area contributed by atoms with Gasteiger partial charge in [0.05, 0.1) is 16.7 Å². The number of nitrogens with zero attached hydrogens (tertiary/aromatic N) is 3. The number of hydrogen-bond acceptors (Lipinski definition) is 2. The molecule has 0 N–H and O–H groups in total. The molecule has 34 heavy (non-hydrogen) atoms. The lowest BCUT2D eigenvalue weighted by Gasteiger charge is -2.44. The smallest absolute Gasteiger partial charge is 0.270 e. The van der Waals surface area contributed by atoms with Crippen molar-refractivity contribution in [1.82, 2.24) is 9.32 Å². The third-order valence-electron chi connectivity index (χ3n) is 9.90. The lowest BCUT2D eigenvalue weighted by molar-refractivity contribution is 0.125. The number of hydrogen-bond donors (Lipinski definition) is 0. The minimum Gasteiger partial charge on any atom is -0.309 e. The molecule has 0 spiro atoms. The van der Waals surface area contributed by atoms with E-state index in [0.29, 0.717) is 5.92 Å². The molecule has 4 nitrogen and oxygen atoms in total. The average molecular weight is 478 g/mol. The predicted molar refractivity (Wildman–Crippen MR) is 146 cm³/mol. The van der Waals surface area contributed by atoms with E-state index in [0.717, 1.165) is 28.1 Å². The number of anilines is 1. The van der Waals surface area contributed by atoms with Crippen LogP contribution in [-0.4, -0.2) is 22.0 Å². The average Bonchev–Trinajstić information content (AvgIpc) is 3.18. The quantitative estimate of drug-likeness (QED) is 0.348. The lowest BCUT2D eigenvalue weighted by atomic mass is 9.59. The van der Waals surface area contributed by atoms with Crippen LogP contribution in [-0.2, 0) is 15.4 Å². The minimum absolute atomic E-state index is 0.00365. The van der Waals surface area contributed by atoms with Crippen LogP contribution < -0.4 is 4.67 Å². The summed E-state index contributed by atoms with van der Waals surface area (Å²) in [6.07, 6.45) is 0. The normalized spacial score (nSPS) is 24.0. The molecule has 1 aliphatic heterocycles. The number of imidazole rings is 1. The van der Waals surface area contributed by atoms with Crippen LogP contribution in [0.2, 0.25) is 0 Å². The van der Waals surface area contributed by atoms with E-state index in [1.165, 1.54) is 16.7 Å². The molecule has 182 valence electrons. The molecule has 1 aromatic heterocycles. The van der Waals surface area contributed by atoms with Crippen molar-refractivity contribution in [3.05, 3.63) is 47.0 Å². The van der Waals surface area contributed by atoms with Crippen LogP contribution in [0.15, 0.2) is 30.3 Å². The van der Waals surface area contributed by atoms with E-state index in [9.17, 15) is 4.57 Å². The molecule has 0 radical (unpaired) electrons. The van der Waals surface area contributed by atoms with Crippen molar-refractivity contribution < 1.29 is 4.57 Å². The lowest BCUT2D eigenvalue weighted by Crippen LogP contribution is -2.42. The molecule has 1 atom stereocenters. The van der Waals surface area contributed by atoms with Gasteiger partial charge in [-0.1, -0.05) is 81.4 Å². The molecule has 0 bridgehead atoms. The standard InChI is InChI=1S/C29H40N3OP/c1-17(2)19-13-12-14-23-25(19)26-30-22-15-20-21(28(7,8)29(9,10)27(20,5)6)16-24(22)32(26)34(33,18(3)4)31(23)11/h12-18H,1-11H3. The first-order valence-corrected chi connectivity index (χ1v) is 14.3. The Bertz CT molecular complexity index is 1390. The molecule has 1 unspecified atom stereocenters. The van der Waals surface area contributed by atoms with Crippen molar-refractivity contribution in [3.63, 3.8) is 0 Å². The molecule has 0 fully saturated rings. The summed E-state index contributed by atoms with van der Waals surface area (Å²) in [7, 11) is -0.988. The third kappa shape index (κ3) is 2.51. The first-order valence-electron chi connectivity index (χ1n) is 12.7. The van der Waals surface area contributed by atoms with Gasteiger partial charge in [0.2, 0.25) is 0 Å². The Balaban J connectivity index is 1.95. The zero-order valence-electron chi connectivity index (χ0n) is 22.7.